The molecule has 0 aliphatic rings. The van der Waals surface area contributed by atoms with Crippen LogP contribution in [0.1, 0.15) is 17.0 Å². The molecule has 0 unspecified atom stereocenters. The van der Waals surface area contributed by atoms with E-state index in [1.807, 2.05) is 19.9 Å². The summed E-state index contributed by atoms with van der Waals surface area (Å²) in [5, 5.41) is 5.19. The number of aryl methyl sites for hydroxylation is 2. The lowest BCUT2D eigenvalue weighted by molar-refractivity contribution is 1.04. The highest BCUT2D eigenvalue weighted by Gasteiger charge is 1.99. The van der Waals surface area contributed by atoms with Crippen LogP contribution in [0.3, 0.4) is 0 Å². The van der Waals surface area contributed by atoms with Crippen molar-refractivity contribution in [3.8, 4) is 0 Å². The van der Waals surface area contributed by atoms with Crippen LogP contribution < -0.4 is 5.43 Å². The van der Waals surface area contributed by atoms with E-state index >= 15 is 0 Å². The van der Waals surface area contributed by atoms with Crippen molar-refractivity contribution in [3.05, 3.63) is 51.3 Å². The quantitative estimate of drug-likeness (QED) is 0.691. The molecule has 0 atom stereocenters. The number of hydrazone groups is 1. The van der Waals surface area contributed by atoms with Gasteiger partial charge in [-0.25, -0.2) is 15.4 Å². The van der Waals surface area contributed by atoms with E-state index in [1.165, 1.54) is 0 Å². The maximum absolute atomic E-state index is 6.03. The Morgan fingerprint density at radius 2 is 1.79 bits per heavy atom. The van der Waals surface area contributed by atoms with Crippen molar-refractivity contribution in [2.24, 2.45) is 5.10 Å². The first-order valence-corrected chi connectivity index (χ1v) is 6.36. The van der Waals surface area contributed by atoms with E-state index in [9.17, 15) is 0 Å². The summed E-state index contributed by atoms with van der Waals surface area (Å²) in [6.07, 6.45) is 1.60. The smallest absolute Gasteiger partial charge is 0.243 e. The molecule has 0 radical (unpaired) electrons. The van der Waals surface area contributed by atoms with Gasteiger partial charge in [0.25, 0.3) is 0 Å². The predicted molar refractivity (Wildman–Crippen MR) is 79.2 cm³/mol. The molecule has 1 aromatic heterocycles. The molecule has 1 heterocycles. The second kappa shape index (κ2) is 5.99. The number of aromatic nitrogens is 2. The number of benzene rings is 1. The maximum Gasteiger partial charge on any atom is 0.243 e. The molecule has 0 bridgehead atoms. The normalized spacial score (nSPS) is 10.9. The summed E-state index contributed by atoms with van der Waals surface area (Å²) < 4.78 is 0. The van der Waals surface area contributed by atoms with E-state index in [0.29, 0.717) is 16.0 Å². The number of halogens is 2. The Balaban J connectivity index is 2.11. The first kappa shape index (κ1) is 13.8. The van der Waals surface area contributed by atoms with Gasteiger partial charge < -0.3 is 0 Å². The van der Waals surface area contributed by atoms with Crippen LogP contribution in [0, 0.1) is 13.8 Å². The SMILES string of the molecule is Cc1cc(C)nc(N/N=C\c2ccc(Cl)cc2Cl)n1. The van der Waals surface area contributed by atoms with E-state index in [-0.39, 0.29) is 0 Å². The number of nitrogens with one attached hydrogen (secondary N) is 1. The lowest BCUT2D eigenvalue weighted by Gasteiger charge is -2.02. The molecule has 0 aliphatic heterocycles. The lowest BCUT2D eigenvalue weighted by Crippen LogP contribution is -1.99. The Morgan fingerprint density at radius 1 is 1.11 bits per heavy atom. The van der Waals surface area contributed by atoms with E-state index in [1.54, 1.807) is 24.4 Å². The van der Waals surface area contributed by atoms with Crippen molar-refractivity contribution < 1.29 is 0 Å². The Labute approximate surface area is 121 Å². The molecular weight excluding hydrogens is 283 g/mol. The third kappa shape index (κ3) is 3.91. The molecule has 19 heavy (non-hydrogen) atoms. The van der Waals surface area contributed by atoms with Crippen molar-refractivity contribution in [3.63, 3.8) is 0 Å². The minimum absolute atomic E-state index is 0.457. The molecule has 1 aromatic carbocycles. The van der Waals surface area contributed by atoms with Crippen molar-refractivity contribution >= 4 is 35.4 Å². The zero-order chi connectivity index (χ0) is 13.8. The summed E-state index contributed by atoms with van der Waals surface area (Å²) in [5.41, 5.74) is 5.31. The summed E-state index contributed by atoms with van der Waals surface area (Å²) in [6, 6.07) is 7.10. The number of nitrogens with zero attached hydrogens (tertiary/aromatic N) is 3. The van der Waals surface area contributed by atoms with Crippen LogP contribution in [-0.2, 0) is 0 Å². The Kier molecular flexibility index (Phi) is 4.35. The molecule has 4 nitrogen and oxygen atoms in total. The van der Waals surface area contributed by atoms with Gasteiger partial charge in [-0.3, -0.25) is 0 Å². The molecule has 0 spiro atoms. The Bertz CT molecular complexity index is 606. The van der Waals surface area contributed by atoms with Gasteiger partial charge in [-0.2, -0.15) is 5.10 Å². The van der Waals surface area contributed by atoms with E-state index < -0.39 is 0 Å². The predicted octanol–water partition coefficient (Wildman–Crippen LogP) is 3.85. The van der Waals surface area contributed by atoms with Gasteiger partial charge in [0.1, 0.15) is 0 Å². The van der Waals surface area contributed by atoms with Crippen molar-refractivity contribution in [1.29, 1.82) is 0 Å². The molecule has 2 rings (SSSR count). The Morgan fingerprint density at radius 3 is 2.42 bits per heavy atom. The van der Waals surface area contributed by atoms with Crippen LogP contribution in [0.2, 0.25) is 10.0 Å². The van der Waals surface area contributed by atoms with Gasteiger partial charge >= 0.3 is 0 Å². The monoisotopic (exact) mass is 294 g/mol. The lowest BCUT2D eigenvalue weighted by atomic mass is 10.2. The molecule has 0 amide bonds. The van der Waals surface area contributed by atoms with Gasteiger partial charge in [-0.15, -0.1) is 0 Å². The highest BCUT2D eigenvalue weighted by Crippen LogP contribution is 2.19. The van der Waals surface area contributed by atoms with Crippen LogP contribution in [-0.4, -0.2) is 16.2 Å². The molecule has 6 heteroatoms. The fourth-order valence-corrected chi connectivity index (χ4v) is 2.00. The van der Waals surface area contributed by atoms with Gasteiger partial charge in [0.15, 0.2) is 0 Å². The fraction of sp³-hybridized carbons (Fsp3) is 0.154. The number of anilines is 1. The highest BCUT2D eigenvalue weighted by atomic mass is 35.5. The zero-order valence-corrected chi connectivity index (χ0v) is 12.0. The molecule has 0 fully saturated rings. The Hall–Kier alpha value is -1.65. The van der Waals surface area contributed by atoms with Crippen molar-refractivity contribution in [2.75, 3.05) is 5.43 Å². The van der Waals surface area contributed by atoms with E-state index in [4.69, 9.17) is 23.2 Å². The van der Waals surface area contributed by atoms with Crippen LogP contribution in [0.5, 0.6) is 0 Å². The van der Waals surface area contributed by atoms with Gasteiger partial charge in [-0.1, -0.05) is 29.3 Å². The molecule has 0 saturated carbocycles. The van der Waals surface area contributed by atoms with Crippen molar-refractivity contribution in [1.82, 2.24) is 9.97 Å². The summed E-state index contributed by atoms with van der Waals surface area (Å²) in [6.45, 7) is 3.80. The second-order valence-electron chi connectivity index (χ2n) is 4.01. The summed E-state index contributed by atoms with van der Waals surface area (Å²) in [5.74, 6) is 0.457. The largest absolute Gasteiger partial charge is 0.245 e. The second-order valence-corrected chi connectivity index (χ2v) is 4.85. The van der Waals surface area contributed by atoms with Gasteiger partial charge in [0, 0.05) is 22.0 Å². The van der Waals surface area contributed by atoms with Crippen LogP contribution in [0.25, 0.3) is 0 Å². The first-order chi connectivity index (χ1) is 9.04. The molecule has 1 N–H and O–H groups in total. The average Bonchev–Trinajstić information content (AvgIpc) is 2.30. The molecule has 0 aliphatic carbocycles. The summed E-state index contributed by atoms with van der Waals surface area (Å²) in [7, 11) is 0. The van der Waals surface area contributed by atoms with E-state index in [2.05, 4.69) is 20.5 Å². The maximum atomic E-state index is 6.03. The fourth-order valence-electron chi connectivity index (χ4n) is 1.54. The number of hydrogen-bond acceptors (Lipinski definition) is 4. The third-order valence-electron chi connectivity index (χ3n) is 2.31. The first-order valence-electron chi connectivity index (χ1n) is 5.61. The minimum Gasteiger partial charge on any atom is -0.245 e. The van der Waals surface area contributed by atoms with Gasteiger partial charge in [0.2, 0.25) is 5.95 Å². The third-order valence-corrected chi connectivity index (χ3v) is 2.88. The summed E-state index contributed by atoms with van der Waals surface area (Å²) >= 11 is 11.8. The average molecular weight is 295 g/mol. The van der Waals surface area contributed by atoms with Gasteiger partial charge in [-0.05, 0) is 32.0 Å². The highest BCUT2D eigenvalue weighted by molar-refractivity contribution is 6.36. The standard InChI is InChI=1S/C13H12Cl2N4/c1-8-5-9(2)18-13(17-8)19-16-7-10-3-4-11(14)6-12(10)15/h3-7H,1-2H3,(H,17,18,19)/b16-7-. The van der Waals surface area contributed by atoms with Crippen molar-refractivity contribution in [2.45, 2.75) is 13.8 Å². The van der Waals surface area contributed by atoms with Gasteiger partial charge in [0.05, 0.1) is 11.2 Å². The number of hydrogen-bond donors (Lipinski definition) is 1. The molecule has 0 saturated heterocycles. The minimum atomic E-state index is 0.457. The molecular formula is C13H12Cl2N4. The van der Waals surface area contributed by atoms with E-state index in [0.717, 1.165) is 17.0 Å². The summed E-state index contributed by atoms with van der Waals surface area (Å²) in [4.78, 5) is 8.42. The molecule has 98 valence electrons. The van der Waals surface area contributed by atoms with Crippen LogP contribution >= 0.6 is 23.2 Å². The van der Waals surface area contributed by atoms with Crippen LogP contribution in [0.4, 0.5) is 5.95 Å². The number of rotatable bonds is 3. The zero-order valence-electron chi connectivity index (χ0n) is 10.5. The van der Waals surface area contributed by atoms with Crippen LogP contribution in [0.15, 0.2) is 29.4 Å². The molecule has 2 aromatic rings. The topological polar surface area (TPSA) is 50.2 Å².